The van der Waals surface area contributed by atoms with E-state index in [1.54, 1.807) is 11.3 Å². The highest BCUT2D eigenvalue weighted by Gasteiger charge is 2.42. The van der Waals surface area contributed by atoms with E-state index < -0.39 is 0 Å². The van der Waals surface area contributed by atoms with Gasteiger partial charge in [0, 0.05) is 18.2 Å². The summed E-state index contributed by atoms with van der Waals surface area (Å²) in [5.41, 5.74) is 0.418. The zero-order valence-corrected chi connectivity index (χ0v) is 13.0. The fourth-order valence-corrected chi connectivity index (χ4v) is 3.97. The van der Waals surface area contributed by atoms with E-state index in [0.29, 0.717) is 11.5 Å². The van der Waals surface area contributed by atoms with E-state index in [4.69, 9.17) is 9.47 Å². The van der Waals surface area contributed by atoms with Gasteiger partial charge in [-0.2, -0.15) is 0 Å². The van der Waals surface area contributed by atoms with Gasteiger partial charge in [-0.15, -0.1) is 11.3 Å². The lowest BCUT2D eigenvalue weighted by atomic mass is 9.77. The summed E-state index contributed by atoms with van der Waals surface area (Å²) in [5.74, 6) is 0. The SMILES string of the molecule is CCOC[C@H]1CC2(CCN(Cc3nccs3)CC2)CO1. The molecule has 2 saturated heterocycles. The zero-order valence-electron chi connectivity index (χ0n) is 12.2. The third-order valence-corrected chi connectivity index (χ3v) is 5.32. The van der Waals surface area contributed by atoms with Gasteiger partial charge in [-0.3, -0.25) is 4.90 Å². The predicted octanol–water partition coefficient (Wildman–Crippen LogP) is 2.55. The van der Waals surface area contributed by atoms with Crippen LogP contribution in [0.1, 0.15) is 31.2 Å². The van der Waals surface area contributed by atoms with Crippen LogP contribution in [0, 0.1) is 5.41 Å². The number of ether oxygens (including phenoxy) is 2. The van der Waals surface area contributed by atoms with Crippen LogP contribution in [0.15, 0.2) is 11.6 Å². The van der Waals surface area contributed by atoms with Crippen LogP contribution in [0.4, 0.5) is 0 Å². The standard InChI is InChI=1S/C15H24N2O2S/c1-2-18-11-13-9-15(12-19-13)3-6-17(7-4-15)10-14-16-5-8-20-14/h5,8,13H,2-4,6-7,9-12H2,1H3/t13-/m1/s1. The molecule has 0 N–H and O–H groups in total. The van der Waals surface area contributed by atoms with E-state index in [1.165, 1.54) is 37.4 Å². The molecule has 2 aliphatic heterocycles. The Morgan fingerprint density at radius 2 is 2.35 bits per heavy atom. The first-order valence-corrected chi connectivity index (χ1v) is 8.48. The van der Waals surface area contributed by atoms with E-state index >= 15 is 0 Å². The molecule has 1 atom stereocenters. The lowest BCUT2D eigenvalue weighted by molar-refractivity contribution is 0.0158. The normalized spacial score (nSPS) is 26.4. The highest BCUT2D eigenvalue weighted by atomic mass is 32.1. The minimum absolute atomic E-state index is 0.320. The van der Waals surface area contributed by atoms with E-state index in [2.05, 4.69) is 15.3 Å². The first-order chi connectivity index (χ1) is 9.80. The molecule has 1 aromatic rings. The van der Waals surface area contributed by atoms with Gasteiger partial charge in [-0.1, -0.05) is 0 Å². The molecule has 20 heavy (non-hydrogen) atoms. The molecule has 0 aromatic carbocycles. The van der Waals surface area contributed by atoms with Gasteiger partial charge in [-0.05, 0) is 44.7 Å². The van der Waals surface area contributed by atoms with Crippen molar-refractivity contribution in [2.45, 2.75) is 38.8 Å². The number of rotatable bonds is 5. The molecule has 112 valence electrons. The van der Waals surface area contributed by atoms with Gasteiger partial charge < -0.3 is 9.47 Å². The zero-order chi connectivity index (χ0) is 13.8. The number of nitrogens with zero attached hydrogens (tertiary/aromatic N) is 2. The topological polar surface area (TPSA) is 34.6 Å². The van der Waals surface area contributed by atoms with Crippen molar-refractivity contribution in [3.63, 3.8) is 0 Å². The van der Waals surface area contributed by atoms with Crippen molar-refractivity contribution >= 4 is 11.3 Å². The van der Waals surface area contributed by atoms with Crippen LogP contribution < -0.4 is 0 Å². The Morgan fingerprint density at radius 1 is 1.50 bits per heavy atom. The van der Waals surface area contributed by atoms with Gasteiger partial charge >= 0.3 is 0 Å². The molecule has 3 heterocycles. The monoisotopic (exact) mass is 296 g/mol. The number of aromatic nitrogens is 1. The van der Waals surface area contributed by atoms with Crippen molar-refractivity contribution in [1.29, 1.82) is 0 Å². The van der Waals surface area contributed by atoms with E-state index in [0.717, 1.165) is 26.4 Å². The highest BCUT2D eigenvalue weighted by Crippen LogP contribution is 2.42. The Morgan fingerprint density at radius 3 is 3.05 bits per heavy atom. The molecule has 1 spiro atoms. The van der Waals surface area contributed by atoms with Crippen LogP contribution in [-0.4, -0.2) is 48.9 Å². The first-order valence-electron chi connectivity index (χ1n) is 7.60. The van der Waals surface area contributed by atoms with Crippen LogP contribution in [0.25, 0.3) is 0 Å². The largest absolute Gasteiger partial charge is 0.379 e. The van der Waals surface area contributed by atoms with E-state index in [-0.39, 0.29) is 0 Å². The van der Waals surface area contributed by atoms with Crippen molar-refractivity contribution in [2.24, 2.45) is 5.41 Å². The van der Waals surface area contributed by atoms with E-state index in [9.17, 15) is 0 Å². The number of likely N-dealkylation sites (tertiary alicyclic amines) is 1. The lowest BCUT2D eigenvalue weighted by Gasteiger charge is -2.38. The molecule has 2 aliphatic rings. The summed E-state index contributed by atoms with van der Waals surface area (Å²) in [6.45, 7) is 7.87. The molecule has 0 saturated carbocycles. The molecule has 1 aromatic heterocycles. The minimum atomic E-state index is 0.320. The van der Waals surface area contributed by atoms with Gasteiger partial charge in [-0.25, -0.2) is 4.98 Å². The fraction of sp³-hybridized carbons (Fsp3) is 0.800. The number of thiazole rings is 1. The van der Waals surface area contributed by atoms with Gasteiger partial charge in [0.25, 0.3) is 0 Å². The molecule has 0 amide bonds. The maximum absolute atomic E-state index is 5.94. The Hall–Kier alpha value is -0.490. The van der Waals surface area contributed by atoms with Gasteiger partial charge in [0.2, 0.25) is 0 Å². The van der Waals surface area contributed by atoms with Crippen molar-refractivity contribution in [2.75, 3.05) is 32.9 Å². The fourth-order valence-electron chi connectivity index (χ4n) is 3.31. The average Bonchev–Trinajstić information content (AvgIpc) is 3.10. The summed E-state index contributed by atoms with van der Waals surface area (Å²) in [5, 5.41) is 3.29. The quantitative estimate of drug-likeness (QED) is 0.836. The van der Waals surface area contributed by atoms with Crippen molar-refractivity contribution in [1.82, 2.24) is 9.88 Å². The second-order valence-electron chi connectivity index (χ2n) is 6.00. The highest BCUT2D eigenvalue weighted by molar-refractivity contribution is 7.09. The second kappa shape index (κ2) is 6.52. The molecular formula is C15H24N2O2S. The average molecular weight is 296 g/mol. The van der Waals surface area contributed by atoms with Crippen LogP contribution in [0.3, 0.4) is 0 Å². The summed E-state index contributed by atoms with van der Waals surface area (Å²) in [6, 6.07) is 0. The number of piperidine rings is 1. The van der Waals surface area contributed by atoms with Crippen molar-refractivity contribution < 1.29 is 9.47 Å². The maximum atomic E-state index is 5.94. The molecule has 3 rings (SSSR count). The molecule has 5 heteroatoms. The molecule has 0 bridgehead atoms. The van der Waals surface area contributed by atoms with E-state index in [1.807, 2.05) is 13.1 Å². The minimum Gasteiger partial charge on any atom is -0.379 e. The van der Waals surface area contributed by atoms with Gasteiger partial charge in [0.1, 0.15) is 5.01 Å². The van der Waals surface area contributed by atoms with Crippen molar-refractivity contribution in [3.05, 3.63) is 16.6 Å². The van der Waals surface area contributed by atoms with Crippen LogP contribution in [0.5, 0.6) is 0 Å². The summed E-state index contributed by atoms with van der Waals surface area (Å²) < 4.78 is 11.4. The van der Waals surface area contributed by atoms with Crippen LogP contribution in [-0.2, 0) is 16.0 Å². The third-order valence-electron chi connectivity index (χ3n) is 4.55. The second-order valence-corrected chi connectivity index (χ2v) is 6.98. The van der Waals surface area contributed by atoms with Crippen LogP contribution >= 0.6 is 11.3 Å². The maximum Gasteiger partial charge on any atom is 0.107 e. The summed E-state index contributed by atoms with van der Waals surface area (Å²) in [4.78, 5) is 6.91. The summed E-state index contributed by atoms with van der Waals surface area (Å²) >= 11 is 1.76. The molecule has 4 nitrogen and oxygen atoms in total. The Bertz CT molecular complexity index is 402. The lowest BCUT2D eigenvalue weighted by Crippen LogP contribution is -2.40. The summed E-state index contributed by atoms with van der Waals surface area (Å²) in [6.07, 6.45) is 5.90. The number of hydrogen-bond donors (Lipinski definition) is 0. The predicted molar refractivity (Wildman–Crippen MR) is 79.9 cm³/mol. The number of hydrogen-bond acceptors (Lipinski definition) is 5. The first kappa shape index (κ1) is 14.4. The van der Waals surface area contributed by atoms with Gasteiger partial charge in [0.05, 0.1) is 25.9 Å². The molecule has 0 aliphatic carbocycles. The smallest absolute Gasteiger partial charge is 0.107 e. The molecular weight excluding hydrogens is 272 g/mol. The molecule has 2 fully saturated rings. The molecule has 0 unspecified atom stereocenters. The third kappa shape index (κ3) is 3.39. The Kier molecular flexibility index (Phi) is 4.71. The van der Waals surface area contributed by atoms with Crippen LogP contribution in [0.2, 0.25) is 0 Å². The van der Waals surface area contributed by atoms with Gasteiger partial charge in [0.15, 0.2) is 0 Å². The molecule has 0 radical (unpaired) electrons. The summed E-state index contributed by atoms with van der Waals surface area (Å²) in [7, 11) is 0. The Labute approximate surface area is 125 Å². The Balaban J connectivity index is 1.46. The van der Waals surface area contributed by atoms with Crippen molar-refractivity contribution in [3.8, 4) is 0 Å².